The number of alkyl carbamates (subject to hydrolysis) is 1. The minimum Gasteiger partial charge on any atom is -0.458 e. The molecule has 1 N–H and O–H groups in total. The van der Waals surface area contributed by atoms with Crippen LogP contribution in [0.25, 0.3) is 16.8 Å². The van der Waals surface area contributed by atoms with Gasteiger partial charge in [0, 0.05) is 65.5 Å². The summed E-state index contributed by atoms with van der Waals surface area (Å²) in [6.45, 7) is 15.9. The summed E-state index contributed by atoms with van der Waals surface area (Å²) in [7, 11) is 3.98. The molecule has 3 fully saturated rings. The van der Waals surface area contributed by atoms with Crippen molar-refractivity contribution in [2.24, 2.45) is 35.5 Å². The van der Waals surface area contributed by atoms with Crippen molar-refractivity contribution in [1.29, 1.82) is 0 Å². The molecule has 4 heterocycles. The van der Waals surface area contributed by atoms with Crippen LogP contribution in [-0.2, 0) is 42.9 Å². The molecule has 3 saturated heterocycles. The van der Waals surface area contributed by atoms with Crippen molar-refractivity contribution in [1.82, 2.24) is 15.2 Å². The third-order valence-electron chi connectivity index (χ3n) is 12.9. The molecule has 58 heavy (non-hydrogen) atoms. The standard InChI is InChI=1S/C45H63N3O10/c1-12-36-45(9)34(21-37(49)57-45)27(4)38(50)25(2)22-44(8,58-43(53)47-19-15-17-32-24-46-23-31-16-13-14-18-33(31)32)40(29(6)39(51)30(7)41(52)55-36)56-42-28(5)35(48(10)11)20-26(3)54-42/h13-18,23-30,34-36,40,42H,12,19-22H2,1-11H3,(H,47,53)/b17-15+/t25-,26-,27?,28-,29?,30-,34?,35+,36-,40-,42+,44-,45+/m1/s1. The molecule has 1 aromatic heterocycles. The molecule has 5 rings (SSSR count). The molecule has 1 aromatic carbocycles. The second kappa shape index (κ2) is 18.4. The molecular formula is C45H63N3O10. The number of hydrogen-bond donors (Lipinski definition) is 1. The molecule has 0 bridgehead atoms. The topological polar surface area (TPSA) is 160 Å². The second-order valence-electron chi connectivity index (χ2n) is 17.4. The normalized spacial score (nSPS) is 36.7. The molecule has 1 amide bonds. The largest absolute Gasteiger partial charge is 0.458 e. The lowest BCUT2D eigenvalue weighted by atomic mass is 9.70. The Morgan fingerprint density at radius 3 is 2.40 bits per heavy atom. The molecular weight excluding hydrogens is 743 g/mol. The number of ether oxygens (including phenoxy) is 5. The highest BCUT2D eigenvalue weighted by molar-refractivity contribution is 6.00. The van der Waals surface area contributed by atoms with E-state index in [2.05, 4.69) is 15.2 Å². The molecule has 0 spiro atoms. The third-order valence-corrected chi connectivity index (χ3v) is 12.9. The Kier molecular flexibility index (Phi) is 14.2. The minimum absolute atomic E-state index is 0.0363. The molecule has 0 radical (unpaired) electrons. The summed E-state index contributed by atoms with van der Waals surface area (Å²) in [4.78, 5) is 76.1. The van der Waals surface area contributed by atoms with Gasteiger partial charge in [0.15, 0.2) is 12.1 Å². The van der Waals surface area contributed by atoms with E-state index in [-0.39, 0.29) is 43.2 Å². The SMILES string of the molecule is CC[C@H]1OC(=O)[C@H](C)C(=O)C(C)[C@@H](O[C@@H]2O[C@H](C)C[C@H](N(C)C)[C@H]2C)[C@](C)(OC(=O)NC/C=C/c2cncc3ccccc23)C[C@@H](C)C(=O)C(C)C2CC(=O)O[C@@]21C. The fourth-order valence-electron chi connectivity index (χ4n) is 9.57. The van der Waals surface area contributed by atoms with Crippen molar-refractivity contribution in [2.75, 3.05) is 20.6 Å². The highest BCUT2D eigenvalue weighted by Gasteiger charge is 2.57. The number of nitrogens with zero attached hydrogens (tertiary/aromatic N) is 2. The van der Waals surface area contributed by atoms with E-state index >= 15 is 0 Å². The third kappa shape index (κ3) is 9.47. The van der Waals surface area contributed by atoms with Crippen LogP contribution in [0.1, 0.15) is 93.6 Å². The zero-order chi connectivity index (χ0) is 42.7. The fraction of sp³-hybridized carbons (Fsp3) is 0.644. The van der Waals surface area contributed by atoms with Gasteiger partial charge in [-0.1, -0.05) is 71.0 Å². The number of cyclic esters (lactones) is 1. The summed E-state index contributed by atoms with van der Waals surface area (Å²) < 4.78 is 31.5. The molecule has 318 valence electrons. The van der Waals surface area contributed by atoms with E-state index in [1.807, 2.05) is 58.3 Å². The van der Waals surface area contributed by atoms with Crippen LogP contribution < -0.4 is 5.32 Å². The number of Topliss-reactive ketones (excluding diaryl/α,β-unsaturated/α-hetero) is 2. The van der Waals surface area contributed by atoms with Crippen LogP contribution in [0.2, 0.25) is 0 Å². The lowest BCUT2D eigenvalue weighted by molar-refractivity contribution is -0.277. The molecule has 13 nitrogen and oxygen atoms in total. The van der Waals surface area contributed by atoms with Crippen LogP contribution in [0.5, 0.6) is 0 Å². The number of aromatic nitrogens is 1. The molecule has 2 aromatic rings. The van der Waals surface area contributed by atoms with Crippen molar-refractivity contribution in [3.05, 3.63) is 48.3 Å². The number of hydrogen-bond acceptors (Lipinski definition) is 12. The maximum atomic E-state index is 14.5. The average Bonchev–Trinajstić information content (AvgIpc) is 3.50. The maximum Gasteiger partial charge on any atom is 0.408 e. The zero-order valence-corrected chi connectivity index (χ0v) is 36.0. The fourth-order valence-corrected chi connectivity index (χ4v) is 9.57. The van der Waals surface area contributed by atoms with Crippen molar-refractivity contribution in [2.45, 2.75) is 130 Å². The monoisotopic (exact) mass is 805 g/mol. The van der Waals surface area contributed by atoms with E-state index in [0.29, 0.717) is 6.42 Å². The number of carbonyl (C=O) groups excluding carboxylic acids is 5. The molecule has 13 heteroatoms. The molecule has 3 unspecified atom stereocenters. The van der Waals surface area contributed by atoms with E-state index in [1.54, 1.807) is 60.0 Å². The van der Waals surface area contributed by atoms with E-state index < -0.39 is 83.1 Å². The zero-order valence-electron chi connectivity index (χ0n) is 36.0. The number of carbonyl (C=O) groups is 5. The Hall–Kier alpha value is -4.20. The number of pyridine rings is 1. The summed E-state index contributed by atoms with van der Waals surface area (Å²) in [5, 5.41) is 4.80. The van der Waals surface area contributed by atoms with Gasteiger partial charge in [-0.2, -0.15) is 0 Å². The van der Waals surface area contributed by atoms with Crippen molar-refractivity contribution in [3.8, 4) is 0 Å². The summed E-state index contributed by atoms with van der Waals surface area (Å²) in [5.74, 6) is -6.48. The second-order valence-corrected chi connectivity index (χ2v) is 17.4. The Morgan fingerprint density at radius 1 is 1.00 bits per heavy atom. The minimum atomic E-state index is -1.61. The first-order valence-electron chi connectivity index (χ1n) is 20.7. The van der Waals surface area contributed by atoms with Crippen LogP contribution in [0.3, 0.4) is 0 Å². The van der Waals surface area contributed by atoms with Gasteiger partial charge in [-0.3, -0.25) is 24.2 Å². The van der Waals surface area contributed by atoms with E-state index in [4.69, 9.17) is 23.7 Å². The first-order valence-corrected chi connectivity index (χ1v) is 20.7. The molecule has 3 aliphatic heterocycles. The molecule has 13 atom stereocenters. The summed E-state index contributed by atoms with van der Waals surface area (Å²) >= 11 is 0. The Bertz CT molecular complexity index is 1860. The average molecular weight is 806 g/mol. The number of fused-ring (bicyclic) bond motifs is 2. The number of amides is 1. The van der Waals surface area contributed by atoms with E-state index in [1.165, 1.54) is 6.92 Å². The van der Waals surface area contributed by atoms with Crippen molar-refractivity contribution < 1.29 is 47.7 Å². The van der Waals surface area contributed by atoms with Crippen LogP contribution in [0, 0.1) is 35.5 Å². The van der Waals surface area contributed by atoms with Crippen molar-refractivity contribution >= 4 is 46.4 Å². The Morgan fingerprint density at radius 2 is 1.71 bits per heavy atom. The van der Waals surface area contributed by atoms with E-state index in [0.717, 1.165) is 22.8 Å². The van der Waals surface area contributed by atoms with Gasteiger partial charge < -0.3 is 33.9 Å². The van der Waals surface area contributed by atoms with Crippen LogP contribution >= 0.6 is 0 Å². The summed E-state index contributed by atoms with van der Waals surface area (Å²) in [6.07, 6.45) is 4.29. The first-order chi connectivity index (χ1) is 27.3. The smallest absolute Gasteiger partial charge is 0.408 e. The summed E-state index contributed by atoms with van der Waals surface area (Å²) in [5.41, 5.74) is -2.03. The van der Waals surface area contributed by atoms with Crippen LogP contribution in [0.4, 0.5) is 4.79 Å². The van der Waals surface area contributed by atoms with Gasteiger partial charge in [-0.05, 0) is 66.4 Å². The van der Waals surface area contributed by atoms with Crippen LogP contribution in [-0.4, -0.2) is 102 Å². The van der Waals surface area contributed by atoms with Gasteiger partial charge >= 0.3 is 18.0 Å². The quantitative estimate of drug-likeness (QED) is 0.175. The highest BCUT2D eigenvalue weighted by Crippen LogP contribution is 2.45. The Balaban J connectivity index is 1.52. The number of esters is 2. The lowest BCUT2D eigenvalue weighted by Crippen LogP contribution is -2.58. The van der Waals surface area contributed by atoms with Gasteiger partial charge in [0.05, 0.1) is 12.5 Å². The van der Waals surface area contributed by atoms with Crippen LogP contribution in [0.15, 0.2) is 42.7 Å². The number of rotatable bonds is 8. The van der Waals surface area contributed by atoms with E-state index in [9.17, 15) is 24.0 Å². The molecule has 0 saturated carbocycles. The van der Waals surface area contributed by atoms with Gasteiger partial charge in [0.25, 0.3) is 0 Å². The van der Waals surface area contributed by atoms with Crippen molar-refractivity contribution in [3.63, 3.8) is 0 Å². The maximum absolute atomic E-state index is 14.5. The van der Waals surface area contributed by atoms with Gasteiger partial charge in [0.2, 0.25) is 0 Å². The number of ketones is 2. The summed E-state index contributed by atoms with van der Waals surface area (Å²) in [6, 6.07) is 7.94. The van der Waals surface area contributed by atoms with Gasteiger partial charge in [-0.25, -0.2) is 4.79 Å². The predicted molar refractivity (Wildman–Crippen MR) is 218 cm³/mol. The number of nitrogens with one attached hydrogen (secondary N) is 1. The molecule has 3 aliphatic rings. The molecule has 0 aliphatic carbocycles. The predicted octanol–water partition coefficient (Wildman–Crippen LogP) is 6.55. The van der Waals surface area contributed by atoms with Gasteiger partial charge in [0.1, 0.15) is 35.1 Å². The first kappa shape index (κ1) is 44.9. The Labute approximate surface area is 342 Å². The lowest BCUT2D eigenvalue weighted by Gasteiger charge is -2.47. The van der Waals surface area contributed by atoms with Gasteiger partial charge in [-0.15, -0.1) is 0 Å². The highest BCUT2D eigenvalue weighted by atomic mass is 16.7. The number of benzene rings is 1.